The molecule has 2 amide bonds. The maximum absolute atomic E-state index is 12.8. The van der Waals surface area contributed by atoms with Gasteiger partial charge < -0.3 is 9.88 Å². The van der Waals surface area contributed by atoms with Crippen molar-refractivity contribution in [2.45, 2.75) is 18.9 Å². The van der Waals surface area contributed by atoms with Crippen LogP contribution in [0.15, 0.2) is 53.0 Å². The molecule has 2 aromatic carbocycles. The van der Waals surface area contributed by atoms with Crippen LogP contribution in [0.25, 0.3) is 11.0 Å². The number of aromatic amines is 1. The molecule has 3 aromatic rings. The average Bonchev–Trinajstić information content (AvgIpc) is 3.28. The number of carbonyl (C=O) groups excluding carboxylic acids is 2. The van der Waals surface area contributed by atoms with Crippen molar-refractivity contribution >= 4 is 44.7 Å². The summed E-state index contributed by atoms with van der Waals surface area (Å²) >= 11 is 3.37. The number of aromatic nitrogens is 2. The molecule has 1 fully saturated rings. The maximum Gasteiger partial charge on any atom is 0.254 e. The van der Waals surface area contributed by atoms with Crippen molar-refractivity contribution in [3.05, 3.63) is 58.6 Å². The predicted octanol–water partition coefficient (Wildman–Crippen LogP) is 3.57. The molecular weight excluding hydrogens is 396 g/mol. The van der Waals surface area contributed by atoms with Gasteiger partial charge in [0.2, 0.25) is 11.9 Å². The third-order valence-electron chi connectivity index (χ3n) is 4.54. The Kier molecular flexibility index (Phi) is 4.46. The number of hydrogen-bond acceptors (Lipinski definition) is 3. The summed E-state index contributed by atoms with van der Waals surface area (Å²) in [7, 11) is 0. The number of hydrogen-bond donors (Lipinski definition) is 2. The average molecular weight is 413 g/mol. The molecule has 2 N–H and O–H groups in total. The zero-order valence-corrected chi connectivity index (χ0v) is 15.5. The van der Waals surface area contributed by atoms with Crippen LogP contribution in [-0.4, -0.2) is 39.3 Å². The van der Waals surface area contributed by atoms with Crippen LogP contribution in [0.5, 0.6) is 0 Å². The van der Waals surface area contributed by atoms with Crippen LogP contribution in [-0.2, 0) is 4.79 Å². The van der Waals surface area contributed by atoms with Crippen LogP contribution in [0.4, 0.5) is 5.95 Å². The van der Waals surface area contributed by atoms with Crippen LogP contribution in [0.3, 0.4) is 0 Å². The van der Waals surface area contributed by atoms with Gasteiger partial charge >= 0.3 is 0 Å². The lowest BCUT2D eigenvalue weighted by Crippen LogP contribution is -2.43. The largest absolute Gasteiger partial charge is 0.327 e. The summed E-state index contributed by atoms with van der Waals surface area (Å²) < 4.78 is 0.912. The number of carbonyl (C=O) groups is 2. The van der Waals surface area contributed by atoms with Gasteiger partial charge in [-0.2, -0.15) is 0 Å². The minimum absolute atomic E-state index is 0.125. The summed E-state index contributed by atoms with van der Waals surface area (Å²) in [5.41, 5.74) is 2.23. The second-order valence-electron chi connectivity index (χ2n) is 6.26. The number of nitrogens with zero attached hydrogens (tertiary/aromatic N) is 2. The van der Waals surface area contributed by atoms with Gasteiger partial charge in [0.15, 0.2) is 0 Å². The van der Waals surface area contributed by atoms with Gasteiger partial charge in [-0.15, -0.1) is 0 Å². The molecule has 1 aliphatic heterocycles. The summed E-state index contributed by atoms with van der Waals surface area (Å²) in [5.74, 6) is 0.0610. The number of anilines is 1. The normalized spacial score (nSPS) is 16.8. The molecule has 132 valence electrons. The van der Waals surface area contributed by atoms with Gasteiger partial charge in [-0.3, -0.25) is 14.9 Å². The summed E-state index contributed by atoms with van der Waals surface area (Å²) in [4.78, 5) is 34.6. The molecular formula is C19H17BrN4O2. The first kappa shape index (κ1) is 16.8. The lowest BCUT2D eigenvalue weighted by atomic mass is 10.1. The lowest BCUT2D eigenvalue weighted by Gasteiger charge is -2.23. The van der Waals surface area contributed by atoms with Gasteiger partial charge in [-0.25, -0.2) is 4.98 Å². The Labute approximate surface area is 158 Å². The van der Waals surface area contributed by atoms with Crippen LogP contribution >= 0.6 is 15.9 Å². The zero-order chi connectivity index (χ0) is 18.1. The van der Waals surface area contributed by atoms with Gasteiger partial charge in [0.05, 0.1) is 11.0 Å². The van der Waals surface area contributed by atoms with E-state index < -0.39 is 6.04 Å². The van der Waals surface area contributed by atoms with Crippen LogP contribution in [0.2, 0.25) is 0 Å². The summed E-state index contributed by atoms with van der Waals surface area (Å²) in [6, 6.07) is 14.3. The molecule has 1 aliphatic rings. The number of halogens is 1. The highest BCUT2D eigenvalue weighted by Crippen LogP contribution is 2.23. The van der Waals surface area contributed by atoms with E-state index in [-0.39, 0.29) is 11.8 Å². The van der Waals surface area contributed by atoms with Crippen molar-refractivity contribution in [1.29, 1.82) is 0 Å². The quantitative estimate of drug-likeness (QED) is 0.689. The third-order valence-corrected chi connectivity index (χ3v) is 5.07. The Hall–Kier alpha value is -2.67. The monoisotopic (exact) mass is 412 g/mol. The molecule has 1 saturated heterocycles. The Morgan fingerprint density at radius 2 is 1.92 bits per heavy atom. The van der Waals surface area contributed by atoms with E-state index in [0.717, 1.165) is 21.9 Å². The first-order chi connectivity index (χ1) is 12.6. The molecule has 0 spiro atoms. The second-order valence-corrected chi connectivity index (χ2v) is 7.17. The number of H-pyrrole nitrogens is 1. The Morgan fingerprint density at radius 1 is 1.15 bits per heavy atom. The zero-order valence-electron chi connectivity index (χ0n) is 13.9. The molecule has 2 heterocycles. The molecule has 4 rings (SSSR count). The molecule has 0 bridgehead atoms. The van der Waals surface area contributed by atoms with Gasteiger partial charge in [0.25, 0.3) is 5.91 Å². The third kappa shape index (κ3) is 3.22. The summed E-state index contributed by atoms with van der Waals surface area (Å²) in [6.07, 6.45) is 1.45. The molecule has 26 heavy (non-hydrogen) atoms. The van der Waals surface area contributed by atoms with E-state index >= 15 is 0 Å². The fraction of sp³-hybridized carbons (Fsp3) is 0.211. The Morgan fingerprint density at radius 3 is 2.69 bits per heavy atom. The molecule has 6 nitrogen and oxygen atoms in total. The van der Waals surface area contributed by atoms with Gasteiger partial charge in [0, 0.05) is 16.6 Å². The van der Waals surface area contributed by atoms with Crippen molar-refractivity contribution in [3.8, 4) is 0 Å². The number of para-hydroxylation sites is 2. The number of benzene rings is 2. The van der Waals surface area contributed by atoms with Crippen molar-refractivity contribution in [1.82, 2.24) is 14.9 Å². The second kappa shape index (κ2) is 6.92. The predicted molar refractivity (Wildman–Crippen MR) is 103 cm³/mol. The van der Waals surface area contributed by atoms with Crippen molar-refractivity contribution in [2.75, 3.05) is 11.9 Å². The van der Waals surface area contributed by atoms with E-state index in [0.29, 0.717) is 24.5 Å². The SMILES string of the molecule is O=C(Nc1nc2ccccc2[nH]1)C1CCCN1C(=O)c1ccc(Br)cc1. The Balaban J connectivity index is 1.51. The summed E-state index contributed by atoms with van der Waals surface area (Å²) in [6.45, 7) is 0.577. The first-order valence-electron chi connectivity index (χ1n) is 8.44. The van der Waals surface area contributed by atoms with E-state index in [9.17, 15) is 9.59 Å². The molecule has 0 radical (unpaired) electrons. The van der Waals surface area contributed by atoms with Crippen LogP contribution < -0.4 is 5.32 Å². The molecule has 0 aliphatic carbocycles. The number of likely N-dealkylation sites (tertiary alicyclic amines) is 1. The minimum atomic E-state index is -0.487. The van der Waals surface area contributed by atoms with Crippen molar-refractivity contribution in [3.63, 3.8) is 0 Å². The molecule has 7 heteroatoms. The number of amides is 2. The van der Waals surface area contributed by atoms with E-state index in [2.05, 4.69) is 31.2 Å². The van der Waals surface area contributed by atoms with Crippen LogP contribution in [0, 0.1) is 0 Å². The topological polar surface area (TPSA) is 78.1 Å². The lowest BCUT2D eigenvalue weighted by molar-refractivity contribution is -0.119. The fourth-order valence-electron chi connectivity index (χ4n) is 3.25. The van der Waals surface area contributed by atoms with E-state index in [4.69, 9.17) is 0 Å². The highest BCUT2D eigenvalue weighted by atomic mass is 79.9. The number of nitrogens with one attached hydrogen (secondary N) is 2. The van der Waals surface area contributed by atoms with Gasteiger partial charge in [-0.1, -0.05) is 28.1 Å². The standard InChI is InChI=1S/C19H17BrN4O2/c20-13-9-7-12(8-10-13)18(26)24-11-3-6-16(24)17(25)23-19-21-14-4-1-2-5-15(14)22-19/h1-2,4-5,7-10,16H,3,6,11H2,(H2,21,22,23,25). The number of imidazole rings is 1. The van der Waals surface area contributed by atoms with E-state index in [1.165, 1.54) is 0 Å². The highest BCUT2D eigenvalue weighted by molar-refractivity contribution is 9.10. The van der Waals surface area contributed by atoms with E-state index in [1.54, 1.807) is 17.0 Å². The Bertz CT molecular complexity index is 934. The molecule has 1 aromatic heterocycles. The van der Waals surface area contributed by atoms with Gasteiger partial charge in [0.1, 0.15) is 6.04 Å². The number of rotatable bonds is 3. The van der Waals surface area contributed by atoms with Gasteiger partial charge in [-0.05, 0) is 49.2 Å². The van der Waals surface area contributed by atoms with Crippen molar-refractivity contribution < 1.29 is 9.59 Å². The fourth-order valence-corrected chi connectivity index (χ4v) is 3.52. The maximum atomic E-state index is 12.8. The minimum Gasteiger partial charge on any atom is -0.327 e. The van der Waals surface area contributed by atoms with Crippen LogP contribution in [0.1, 0.15) is 23.2 Å². The smallest absolute Gasteiger partial charge is 0.254 e. The molecule has 1 atom stereocenters. The number of fused-ring (bicyclic) bond motifs is 1. The first-order valence-corrected chi connectivity index (χ1v) is 9.23. The molecule has 0 saturated carbocycles. The molecule has 1 unspecified atom stereocenters. The van der Waals surface area contributed by atoms with E-state index in [1.807, 2.05) is 36.4 Å². The summed E-state index contributed by atoms with van der Waals surface area (Å²) in [5, 5.41) is 2.81. The van der Waals surface area contributed by atoms with Crippen molar-refractivity contribution in [2.24, 2.45) is 0 Å². The highest BCUT2D eigenvalue weighted by Gasteiger charge is 2.34.